The molecule has 5 heteroatoms. The van der Waals surface area contributed by atoms with Crippen LogP contribution in [0.25, 0.3) is 0 Å². The Labute approximate surface area is 203 Å². The number of rotatable bonds is 11. The van der Waals surface area contributed by atoms with Crippen LogP contribution < -0.4 is 5.32 Å². The lowest BCUT2D eigenvalue weighted by atomic mass is 10.1. The van der Waals surface area contributed by atoms with Gasteiger partial charge >= 0.3 is 0 Å². The standard InChI is InChI=1S/C28H38N2O2S/c1-4-26(28(32)29-25-12-8-9-13-25)30(15-14-23-10-6-5-7-11-23)27(31)20-33-19-24-17-21(2)16-22(3)18-24/h5-7,10-11,16-18,25-26H,4,8-9,12-15,19-20H2,1-3H3,(H,29,32). The minimum absolute atomic E-state index is 0.00474. The van der Waals surface area contributed by atoms with Crippen molar-refractivity contribution >= 4 is 23.6 Å². The van der Waals surface area contributed by atoms with Gasteiger partial charge in [0.05, 0.1) is 5.75 Å². The quantitative estimate of drug-likeness (QED) is 0.479. The van der Waals surface area contributed by atoms with Gasteiger partial charge in [0.15, 0.2) is 0 Å². The number of amides is 2. The molecule has 0 aromatic heterocycles. The largest absolute Gasteiger partial charge is 0.352 e. The van der Waals surface area contributed by atoms with Crippen LogP contribution >= 0.6 is 11.8 Å². The predicted molar refractivity (Wildman–Crippen MR) is 138 cm³/mol. The summed E-state index contributed by atoms with van der Waals surface area (Å²) in [5.41, 5.74) is 4.92. The Bertz CT molecular complexity index is 889. The number of carbonyl (C=O) groups is 2. The van der Waals surface area contributed by atoms with Crippen LogP contribution in [-0.2, 0) is 21.8 Å². The highest BCUT2D eigenvalue weighted by atomic mass is 32.2. The van der Waals surface area contributed by atoms with E-state index in [0.717, 1.165) is 25.0 Å². The van der Waals surface area contributed by atoms with Gasteiger partial charge in [0.1, 0.15) is 6.04 Å². The van der Waals surface area contributed by atoms with Crippen LogP contribution in [0, 0.1) is 13.8 Å². The van der Waals surface area contributed by atoms with Crippen LogP contribution in [0.4, 0.5) is 0 Å². The number of benzene rings is 2. The van der Waals surface area contributed by atoms with Crippen LogP contribution in [0.1, 0.15) is 61.3 Å². The summed E-state index contributed by atoms with van der Waals surface area (Å²) in [6.07, 6.45) is 5.82. The molecule has 1 aliphatic carbocycles. The number of nitrogens with zero attached hydrogens (tertiary/aromatic N) is 1. The minimum Gasteiger partial charge on any atom is -0.352 e. The van der Waals surface area contributed by atoms with Gasteiger partial charge in [-0.25, -0.2) is 0 Å². The van der Waals surface area contributed by atoms with E-state index in [1.54, 1.807) is 11.8 Å². The maximum atomic E-state index is 13.4. The normalized spacial score (nSPS) is 14.8. The molecule has 1 aliphatic rings. The summed E-state index contributed by atoms with van der Waals surface area (Å²) in [7, 11) is 0. The van der Waals surface area contributed by atoms with E-state index in [1.165, 1.54) is 35.1 Å². The van der Waals surface area contributed by atoms with Crippen molar-refractivity contribution in [3.05, 3.63) is 70.8 Å². The molecule has 1 unspecified atom stereocenters. The van der Waals surface area contributed by atoms with Crippen LogP contribution in [0.2, 0.25) is 0 Å². The van der Waals surface area contributed by atoms with E-state index in [0.29, 0.717) is 18.7 Å². The van der Waals surface area contributed by atoms with E-state index in [1.807, 2.05) is 30.0 Å². The lowest BCUT2D eigenvalue weighted by Crippen LogP contribution is -2.52. The lowest BCUT2D eigenvalue weighted by Gasteiger charge is -2.31. The number of carbonyl (C=O) groups excluding carboxylic acids is 2. The molecule has 0 saturated heterocycles. The maximum Gasteiger partial charge on any atom is 0.243 e. The van der Waals surface area contributed by atoms with E-state index in [-0.39, 0.29) is 17.9 Å². The van der Waals surface area contributed by atoms with Crippen LogP contribution in [0.15, 0.2) is 48.5 Å². The Morgan fingerprint density at radius 2 is 1.70 bits per heavy atom. The second-order valence-corrected chi connectivity index (χ2v) is 10.2. The highest BCUT2D eigenvalue weighted by molar-refractivity contribution is 7.99. The molecule has 0 heterocycles. The second-order valence-electron chi connectivity index (χ2n) is 9.23. The van der Waals surface area contributed by atoms with Gasteiger partial charge in [-0.2, -0.15) is 0 Å². The van der Waals surface area contributed by atoms with E-state index in [4.69, 9.17) is 0 Å². The van der Waals surface area contributed by atoms with Crippen molar-refractivity contribution in [2.45, 2.75) is 77.1 Å². The van der Waals surface area contributed by atoms with Gasteiger partial charge < -0.3 is 10.2 Å². The molecule has 3 rings (SSSR count). The van der Waals surface area contributed by atoms with E-state index >= 15 is 0 Å². The zero-order valence-corrected chi connectivity index (χ0v) is 21.1. The molecule has 0 radical (unpaired) electrons. The summed E-state index contributed by atoms with van der Waals surface area (Å²) < 4.78 is 0. The number of nitrogens with one attached hydrogen (secondary N) is 1. The molecule has 0 bridgehead atoms. The molecule has 2 aromatic carbocycles. The topological polar surface area (TPSA) is 49.4 Å². The first kappa shape index (κ1) is 25.4. The van der Waals surface area contributed by atoms with Gasteiger partial charge in [-0.1, -0.05) is 79.4 Å². The molecule has 33 heavy (non-hydrogen) atoms. The summed E-state index contributed by atoms with van der Waals surface area (Å²) in [4.78, 5) is 28.3. The van der Waals surface area contributed by atoms with Crippen molar-refractivity contribution in [1.82, 2.24) is 10.2 Å². The molecular formula is C28H38N2O2S. The molecular weight excluding hydrogens is 428 g/mol. The van der Waals surface area contributed by atoms with Gasteiger partial charge in [0.25, 0.3) is 0 Å². The number of aryl methyl sites for hydroxylation is 2. The Morgan fingerprint density at radius 3 is 2.33 bits per heavy atom. The summed E-state index contributed by atoms with van der Waals surface area (Å²) in [5, 5.41) is 3.22. The molecule has 0 aliphatic heterocycles. The third kappa shape index (κ3) is 7.92. The molecule has 1 N–H and O–H groups in total. The van der Waals surface area contributed by atoms with Crippen LogP contribution in [0.5, 0.6) is 0 Å². The van der Waals surface area contributed by atoms with E-state index < -0.39 is 6.04 Å². The third-order valence-corrected chi connectivity index (χ3v) is 7.34. The van der Waals surface area contributed by atoms with Crippen molar-refractivity contribution in [3.63, 3.8) is 0 Å². The van der Waals surface area contributed by atoms with Gasteiger partial charge in [0.2, 0.25) is 11.8 Å². The Kier molecular flexibility index (Phi) is 9.86. The lowest BCUT2D eigenvalue weighted by molar-refractivity contribution is -0.139. The SMILES string of the molecule is CCC(C(=O)NC1CCCC1)N(CCc1ccccc1)C(=O)CSCc1cc(C)cc(C)c1. The fourth-order valence-electron chi connectivity index (χ4n) is 4.75. The first-order valence-electron chi connectivity index (χ1n) is 12.2. The Hall–Kier alpha value is -2.27. The van der Waals surface area contributed by atoms with Crippen molar-refractivity contribution in [2.24, 2.45) is 0 Å². The zero-order chi connectivity index (χ0) is 23.6. The average molecular weight is 467 g/mol. The smallest absolute Gasteiger partial charge is 0.243 e. The number of thioether (sulfide) groups is 1. The molecule has 2 amide bonds. The summed E-state index contributed by atoms with van der Waals surface area (Å²) >= 11 is 1.63. The molecule has 1 fully saturated rings. The summed E-state index contributed by atoms with van der Waals surface area (Å²) in [6.45, 7) is 6.77. The van der Waals surface area contributed by atoms with E-state index in [9.17, 15) is 9.59 Å². The fourth-order valence-corrected chi connectivity index (χ4v) is 5.60. The van der Waals surface area contributed by atoms with Crippen LogP contribution in [0.3, 0.4) is 0 Å². The van der Waals surface area contributed by atoms with Gasteiger partial charge in [-0.05, 0) is 50.7 Å². The Morgan fingerprint density at radius 1 is 1.03 bits per heavy atom. The van der Waals surface area contributed by atoms with Crippen molar-refractivity contribution in [1.29, 1.82) is 0 Å². The first-order valence-corrected chi connectivity index (χ1v) is 13.4. The number of hydrogen-bond acceptors (Lipinski definition) is 3. The van der Waals surface area contributed by atoms with Crippen molar-refractivity contribution in [3.8, 4) is 0 Å². The van der Waals surface area contributed by atoms with Gasteiger partial charge in [0, 0.05) is 18.3 Å². The minimum atomic E-state index is -0.413. The summed E-state index contributed by atoms with van der Waals surface area (Å²) in [5.74, 6) is 1.24. The molecule has 1 saturated carbocycles. The monoisotopic (exact) mass is 466 g/mol. The van der Waals surface area contributed by atoms with Crippen LogP contribution in [-0.4, -0.2) is 41.1 Å². The Balaban J connectivity index is 1.65. The predicted octanol–water partition coefficient (Wildman–Crippen LogP) is 5.45. The highest BCUT2D eigenvalue weighted by Crippen LogP contribution is 2.20. The number of hydrogen-bond donors (Lipinski definition) is 1. The molecule has 0 spiro atoms. The van der Waals surface area contributed by atoms with Gasteiger partial charge in [-0.3, -0.25) is 9.59 Å². The second kappa shape index (κ2) is 12.8. The van der Waals surface area contributed by atoms with Crippen molar-refractivity contribution < 1.29 is 9.59 Å². The summed E-state index contributed by atoms with van der Waals surface area (Å²) in [6, 6.07) is 16.6. The van der Waals surface area contributed by atoms with Crippen molar-refractivity contribution in [2.75, 3.05) is 12.3 Å². The highest BCUT2D eigenvalue weighted by Gasteiger charge is 2.30. The van der Waals surface area contributed by atoms with Gasteiger partial charge in [-0.15, -0.1) is 11.8 Å². The molecule has 4 nitrogen and oxygen atoms in total. The maximum absolute atomic E-state index is 13.4. The van der Waals surface area contributed by atoms with E-state index in [2.05, 4.69) is 49.5 Å². The molecule has 2 aromatic rings. The third-order valence-electron chi connectivity index (χ3n) is 6.35. The zero-order valence-electron chi connectivity index (χ0n) is 20.3. The first-order chi connectivity index (χ1) is 16.0. The average Bonchev–Trinajstić information content (AvgIpc) is 3.29. The fraction of sp³-hybridized carbons (Fsp3) is 0.500. The molecule has 1 atom stereocenters. The molecule has 178 valence electrons.